The topological polar surface area (TPSA) is 62.2 Å². The van der Waals surface area contributed by atoms with Gasteiger partial charge in [-0.25, -0.2) is 4.98 Å². The van der Waals surface area contributed by atoms with Crippen LogP contribution in [0.4, 0.5) is 0 Å². The number of rotatable bonds is 5. The van der Waals surface area contributed by atoms with E-state index in [0.29, 0.717) is 17.8 Å². The molecule has 0 fully saturated rings. The summed E-state index contributed by atoms with van der Waals surface area (Å²) in [6.07, 6.45) is 0.140. The fraction of sp³-hybridized carbons (Fsp3) is 0.412. The van der Waals surface area contributed by atoms with Crippen molar-refractivity contribution in [1.82, 2.24) is 10.3 Å². The van der Waals surface area contributed by atoms with Gasteiger partial charge in [0.15, 0.2) is 0 Å². The first-order chi connectivity index (χ1) is 10.4. The fourth-order valence-corrected chi connectivity index (χ4v) is 3.32. The minimum atomic E-state index is -0.409. The summed E-state index contributed by atoms with van der Waals surface area (Å²) < 4.78 is 0. The van der Waals surface area contributed by atoms with Crippen molar-refractivity contribution in [2.24, 2.45) is 0 Å². The predicted molar refractivity (Wildman–Crippen MR) is 90.4 cm³/mol. The Kier molecular flexibility index (Phi) is 5.32. The molecule has 0 aliphatic rings. The first-order valence-corrected chi connectivity index (χ1v) is 8.21. The van der Waals surface area contributed by atoms with Crippen LogP contribution in [0, 0.1) is 20.8 Å². The van der Waals surface area contributed by atoms with Crippen molar-refractivity contribution in [1.29, 1.82) is 0 Å². The summed E-state index contributed by atoms with van der Waals surface area (Å²) in [4.78, 5) is 17.4. The van der Waals surface area contributed by atoms with Gasteiger partial charge in [-0.05, 0) is 39.7 Å². The average molecular weight is 318 g/mol. The van der Waals surface area contributed by atoms with Crippen LogP contribution in [0.25, 0.3) is 10.6 Å². The summed E-state index contributed by atoms with van der Waals surface area (Å²) in [5, 5.41) is 12.9. The predicted octanol–water partition coefficient (Wildman–Crippen LogP) is 3.24. The van der Waals surface area contributed by atoms with E-state index in [9.17, 15) is 9.90 Å². The number of thiazole rings is 1. The molecule has 0 spiro atoms. The van der Waals surface area contributed by atoms with E-state index in [-0.39, 0.29) is 5.91 Å². The molecule has 1 aromatic heterocycles. The lowest BCUT2D eigenvalue weighted by Crippen LogP contribution is -2.26. The van der Waals surface area contributed by atoms with E-state index in [4.69, 9.17) is 0 Å². The lowest BCUT2D eigenvalue weighted by Gasteiger charge is -2.05. The van der Waals surface area contributed by atoms with Crippen LogP contribution in [-0.2, 0) is 0 Å². The number of benzene rings is 1. The zero-order chi connectivity index (χ0) is 16.3. The third-order valence-corrected chi connectivity index (χ3v) is 4.65. The summed E-state index contributed by atoms with van der Waals surface area (Å²) in [6.45, 7) is 8.15. The monoisotopic (exact) mass is 318 g/mol. The number of nitrogens with one attached hydrogen (secondary N) is 1. The highest BCUT2D eigenvalue weighted by Crippen LogP contribution is 2.30. The molecule has 1 aromatic carbocycles. The van der Waals surface area contributed by atoms with E-state index >= 15 is 0 Å². The summed E-state index contributed by atoms with van der Waals surface area (Å²) in [6, 6.07) is 6.23. The molecule has 2 rings (SSSR count). The maximum atomic E-state index is 12.2. The van der Waals surface area contributed by atoms with Gasteiger partial charge in [-0.15, -0.1) is 11.3 Å². The minimum absolute atomic E-state index is 0.119. The van der Waals surface area contributed by atoms with Crippen LogP contribution in [0.1, 0.15) is 39.8 Å². The number of aliphatic hydroxyl groups is 1. The van der Waals surface area contributed by atoms with Crippen LogP contribution in [0.15, 0.2) is 18.2 Å². The van der Waals surface area contributed by atoms with Crippen molar-refractivity contribution in [2.75, 3.05) is 6.54 Å². The number of aryl methyl sites for hydroxylation is 3. The second-order valence-electron chi connectivity index (χ2n) is 5.65. The molecule has 0 bridgehead atoms. The molecule has 1 unspecified atom stereocenters. The second kappa shape index (κ2) is 7.03. The van der Waals surface area contributed by atoms with Crippen molar-refractivity contribution in [3.63, 3.8) is 0 Å². The number of carbonyl (C=O) groups is 1. The van der Waals surface area contributed by atoms with Gasteiger partial charge in [-0.1, -0.05) is 23.8 Å². The normalized spacial score (nSPS) is 12.2. The molecule has 4 nitrogen and oxygen atoms in total. The van der Waals surface area contributed by atoms with Crippen molar-refractivity contribution in [3.05, 3.63) is 39.9 Å². The minimum Gasteiger partial charge on any atom is -0.393 e. The van der Waals surface area contributed by atoms with Gasteiger partial charge in [0.2, 0.25) is 0 Å². The smallest absolute Gasteiger partial charge is 0.263 e. The molecule has 0 saturated carbocycles. The Hall–Kier alpha value is -1.72. The number of hydrogen-bond donors (Lipinski definition) is 2. The third-order valence-electron chi connectivity index (χ3n) is 3.46. The lowest BCUT2D eigenvalue weighted by atomic mass is 10.1. The van der Waals surface area contributed by atoms with Gasteiger partial charge in [0.1, 0.15) is 9.88 Å². The Balaban J connectivity index is 2.19. The van der Waals surface area contributed by atoms with Gasteiger partial charge in [0, 0.05) is 12.1 Å². The molecular weight excluding hydrogens is 296 g/mol. The third kappa shape index (κ3) is 3.93. The van der Waals surface area contributed by atoms with Gasteiger partial charge in [0.25, 0.3) is 5.91 Å². The molecule has 1 atom stereocenters. The van der Waals surface area contributed by atoms with E-state index in [1.807, 2.05) is 6.92 Å². The van der Waals surface area contributed by atoms with Crippen molar-refractivity contribution < 1.29 is 9.90 Å². The van der Waals surface area contributed by atoms with E-state index in [1.165, 1.54) is 16.9 Å². The molecule has 0 radical (unpaired) electrons. The summed E-state index contributed by atoms with van der Waals surface area (Å²) in [7, 11) is 0. The van der Waals surface area contributed by atoms with Gasteiger partial charge in [0.05, 0.1) is 11.8 Å². The highest BCUT2D eigenvalue weighted by molar-refractivity contribution is 7.17. The van der Waals surface area contributed by atoms with E-state index in [0.717, 1.165) is 21.8 Å². The average Bonchev–Trinajstić information content (AvgIpc) is 2.80. The largest absolute Gasteiger partial charge is 0.393 e. The molecule has 2 aromatic rings. The highest BCUT2D eigenvalue weighted by Gasteiger charge is 2.17. The van der Waals surface area contributed by atoms with Crippen molar-refractivity contribution >= 4 is 17.2 Å². The number of amides is 1. The maximum absolute atomic E-state index is 12.2. The van der Waals surface area contributed by atoms with Crippen molar-refractivity contribution in [2.45, 2.75) is 40.2 Å². The van der Waals surface area contributed by atoms with Crippen LogP contribution < -0.4 is 5.32 Å². The SMILES string of the molecule is Cc1ccc(-c2nc(C)c(C(=O)NCCC(C)O)s2)c(C)c1. The van der Waals surface area contributed by atoms with Crippen LogP contribution >= 0.6 is 11.3 Å². The zero-order valence-corrected chi connectivity index (χ0v) is 14.3. The number of aromatic nitrogens is 1. The number of nitrogens with zero attached hydrogens (tertiary/aromatic N) is 1. The first kappa shape index (κ1) is 16.6. The molecule has 0 aliphatic heterocycles. The molecule has 0 aliphatic carbocycles. The molecular formula is C17H22N2O2S. The van der Waals surface area contributed by atoms with Crippen LogP contribution in [0.2, 0.25) is 0 Å². The Morgan fingerprint density at radius 3 is 2.73 bits per heavy atom. The molecule has 5 heteroatoms. The van der Waals surface area contributed by atoms with E-state index < -0.39 is 6.10 Å². The second-order valence-corrected chi connectivity index (χ2v) is 6.64. The molecule has 2 N–H and O–H groups in total. The van der Waals surface area contributed by atoms with Gasteiger partial charge in [-0.2, -0.15) is 0 Å². The number of aliphatic hydroxyl groups excluding tert-OH is 1. The van der Waals surface area contributed by atoms with Gasteiger partial charge < -0.3 is 10.4 Å². The Bertz CT molecular complexity index is 677. The first-order valence-electron chi connectivity index (χ1n) is 7.39. The van der Waals surface area contributed by atoms with E-state index in [2.05, 4.69) is 42.3 Å². The fourth-order valence-electron chi connectivity index (χ4n) is 2.25. The van der Waals surface area contributed by atoms with Crippen molar-refractivity contribution in [3.8, 4) is 10.6 Å². The van der Waals surface area contributed by atoms with Crippen LogP contribution in [0.5, 0.6) is 0 Å². The summed E-state index contributed by atoms with van der Waals surface area (Å²) in [5.74, 6) is -0.119. The van der Waals surface area contributed by atoms with E-state index in [1.54, 1.807) is 6.92 Å². The molecule has 22 heavy (non-hydrogen) atoms. The maximum Gasteiger partial charge on any atom is 0.263 e. The van der Waals surface area contributed by atoms with Gasteiger partial charge in [-0.3, -0.25) is 4.79 Å². The Morgan fingerprint density at radius 1 is 1.36 bits per heavy atom. The highest BCUT2D eigenvalue weighted by atomic mass is 32.1. The number of hydrogen-bond acceptors (Lipinski definition) is 4. The molecule has 1 heterocycles. The lowest BCUT2D eigenvalue weighted by molar-refractivity contribution is 0.0949. The number of carbonyl (C=O) groups excluding carboxylic acids is 1. The molecule has 1 amide bonds. The standard InChI is InChI=1S/C17H22N2O2S/c1-10-5-6-14(11(2)9-10)17-19-13(4)15(22-17)16(21)18-8-7-12(3)20/h5-6,9,12,20H,7-8H2,1-4H3,(H,18,21). The molecule has 118 valence electrons. The molecule has 0 saturated heterocycles. The quantitative estimate of drug-likeness (QED) is 0.889. The summed E-state index contributed by atoms with van der Waals surface area (Å²) >= 11 is 1.41. The van der Waals surface area contributed by atoms with Crippen LogP contribution in [-0.4, -0.2) is 28.6 Å². The van der Waals surface area contributed by atoms with Crippen LogP contribution in [0.3, 0.4) is 0 Å². The Labute approximate surface area is 135 Å². The summed E-state index contributed by atoms with van der Waals surface area (Å²) in [5.41, 5.74) is 4.19. The Morgan fingerprint density at radius 2 is 2.09 bits per heavy atom. The zero-order valence-electron chi connectivity index (χ0n) is 13.4. The van der Waals surface area contributed by atoms with Gasteiger partial charge >= 0.3 is 0 Å².